The minimum atomic E-state index is -0.150. The molecule has 1 amide bonds. The van der Waals surface area contributed by atoms with Crippen molar-refractivity contribution < 1.29 is 4.79 Å². The van der Waals surface area contributed by atoms with E-state index in [0.29, 0.717) is 16.3 Å². The molecule has 0 saturated heterocycles. The zero-order valence-electron chi connectivity index (χ0n) is 9.45. The predicted molar refractivity (Wildman–Crippen MR) is 70.1 cm³/mol. The van der Waals surface area contributed by atoms with Crippen molar-refractivity contribution in [2.45, 2.75) is 25.3 Å². The van der Waals surface area contributed by atoms with E-state index in [0.717, 1.165) is 19.3 Å². The third-order valence-electron chi connectivity index (χ3n) is 2.88. The molecule has 2 rings (SSSR count). The van der Waals surface area contributed by atoms with Gasteiger partial charge in [-0.3, -0.25) is 4.79 Å². The van der Waals surface area contributed by atoms with Gasteiger partial charge in [-0.25, -0.2) is 0 Å². The van der Waals surface area contributed by atoms with E-state index < -0.39 is 0 Å². The summed E-state index contributed by atoms with van der Waals surface area (Å²) in [6.07, 6.45) is 7.09. The summed E-state index contributed by atoms with van der Waals surface area (Å²) in [6.45, 7) is 0. The van der Waals surface area contributed by atoms with E-state index in [2.05, 4.69) is 17.5 Å². The Bertz CT molecular complexity index is 457. The van der Waals surface area contributed by atoms with Crippen LogP contribution in [0.5, 0.6) is 0 Å². The van der Waals surface area contributed by atoms with Crippen molar-refractivity contribution >= 4 is 23.2 Å². The first kappa shape index (κ1) is 12.0. The van der Waals surface area contributed by atoms with E-state index in [1.807, 2.05) is 0 Å². The molecule has 1 aromatic carbocycles. The largest absolute Gasteiger partial charge is 0.398 e. The van der Waals surface area contributed by atoms with Gasteiger partial charge in [0.15, 0.2) is 0 Å². The Labute approximate surface area is 106 Å². The third kappa shape index (κ3) is 2.80. The van der Waals surface area contributed by atoms with Crippen LogP contribution in [0.2, 0.25) is 5.02 Å². The van der Waals surface area contributed by atoms with Gasteiger partial charge in [-0.15, -0.1) is 0 Å². The van der Waals surface area contributed by atoms with Gasteiger partial charge in [0.05, 0.1) is 16.3 Å². The molecule has 0 spiro atoms. The molecule has 3 N–H and O–H groups in total. The molecule has 0 fully saturated rings. The number of halogens is 1. The lowest BCUT2D eigenvalue weighted by atomic mass is 10.0. The zero-order chi connectivity index (χ0) is 12.3. The van der Waals surface area contributed by atoms with Crippen molar-refractivity contribution in [1.82, 2.24) is 5.32 Å². The molecule has 0 aliphatic heterocycles. The van der Waals surface area contributed by atoms with Crippen molar-refractivity contribution in [2.24, 2.45) is 0 Å². The summed E-state index contributed by atoms with van der Waals surface area (Å²) < 4.78 is 0. The predicted octanol–water partition coefficient (Wildman–Crippen LogP) is 2.76. The molecule has 1 aromatic rings. The Morgan fingerprint density at radius 1 is 1.41 bits per heavy atom. The first-order valence-corrected chi connectivity index (χ1v) is 6.06. The number of nitrogens with one attached hydrogen (secondary N) is 1. The Balaban J connectivity index is 2.09. The molecule has 90 valence electrons. The average molecular weight is 251 g/mol. The summed E-state index contributed by atoms with van der Waals surface area (Å²) in [7, 11) is 0. The lowest BCUT2D eigenvalue weighted by Gasteiger charge is -2.19. The van der Waals surface area contributed by atoms with Crippen molar-refractivity contribution in [3.05, 3.63) is 40.9 Å². The number of anilines is 1. The molecule has 1 aliphatic carbocycles. The highest BCUT2D eigenvalue weighted by molar-refractivity contribution is 6.36. The van der Waals surface area contributed by atoms with Crippen molar-refractivity contribution in [2.75, 3.05) is 5.73 Å². The van der Waals surface area contributed by atoms with Crippen LogP contribution >= 0.6 is 11.6 Å². The van der Waals surface area contributed by atoms with Crippen LogP contribution in [0, 0.1) is 0 Å². The molecule has 0 aromatic heterocycles. The maximum Gasteiger partial charge on any atom is 0.253 e. The van der Waals surface area contributed by atoms with Crippen LogP contribution < -0.4 is 11.1 Å². The van der Waals surface area contributed by atoms with Gasteiger partial charge in [-0.05, 0) is 31.4 Å². The Hall–Kier alpha value is -1.48. The first-order valence-electron chi connectivity index (χ1n) is 5.68. The molecule has 4 heteroatoms. The van der Waals surface area contributed by atoms with Gasteiger partial charge in [0.1, 0.15) is 0 Å². The van der Waals surface area contributed by atoms with Crippen molar-refractivity contribution in [3.63, 3.8) is 0 Å². The normalized spacial score (nSPS) is 19.0. The summed E-state index contributed by atoms with van der Waals surface area (Å²) >= 11 is 6.01. The van der Waals surface area contributed by atoms with E-state index >= 15 is 0 Å². The van der Waals surface area contributed by atoms with E-state index in [-0.39, 0.29) is 11.9 Å². The van der Waals surface area contributed by atoms with Gasteiger partial charge < -0.3 is 11.1 Å². The van der Waals surface area contributed by atoms with Gasteiger partial charge in [0, 0.05) is 6.04 Å². The lowest BCUT2D eigenvalue weighted by Crippen LogP contribution is -2.35. The number of rotatable bonds is 2. The monoisotopic (exact) mass is 250 g/mol. The highest BCUT2D eigenvalue weighted by atomic mass is 35.5. The quantitative estimate of drug-likeness (QED) is 0.626. The minimum Gasteiger partial charge on any atom is -0.398 e. The summed E-state index contributed by atoms with van der Waals surface area (Å²) in [5.74, 6) is -0.150. The number of allylic oxidation sites excluding steroid dienone is 1. The molecule has 0 radical (unpaired) electrons. The maximum atomic E-state index is 12.0. The first-order chi connectivity index (χ1) is 8.18. The van der Waals surface area contributed by atoms with Gasteiger partial charge in [0.25, 0.3) is 5.91 Å². The Kier molecular flexibility index (Phi) is 3.69. The lowest BCUT2D eigenvalue weighted by molar-refractivity contribution is 0.0935. The second kappa shape index (κ2) is 5.23. The summed E-state index contributed by atoms with van der Waals surface area (Å²) in [6, 6.07) is 5.30. The van der Waals surface area contributed by atoms with Gasteiger partial charge in [0.2, 0.25) is 0 Å². The fourth-order valence-electron chi connectivity index (χ4n) is 1.91. The number of amides is 1. The molecule has 1 aliphatic rings. The summed E-state index contributed by atoms with van der Waals surface area (Å²) in [5, 5.41) is 3.30. The van der Waals surface area contributed by atoms with E-state index in [4.69, 9.17) is 17.3 Å². The van der Waals surface area contributed by atoms with Gasteiger partial charge in [-0.1, -0.05) is 29.8 Å². The average Bonchev–Trinajstić information content (AvgIpc) is 2.34. The SMILES string of the molecule is Nc1cccc(C(=O)NC2CC=CCC2)c1Cl. The van der Waals surface area contributed by atoms with E-state index in [1.54, 1.807) is 18.2 Å². The van der Waals surface area contributed by atoms with Crippen LogP contribution in [0.4, 0.5) is 5.69 Å². The summed E-state index contributed by atoms with van der Waals surface area (Å²) in [5.41, 5.74) is 6.55. The maximum absolute atomic E-state index is 12.0. The Morgan fingerprint density at radius 2 is 2.24 bits per heavy atom. The number of carbonyl (C=O) groups excluding carboxylic acids is 1. The van der Waals surface area contributed by atoms with Crippen LogP contribution in [0.3, 0.4) is 0 Å². The Morgan fingerprint density at radius 3 is 2.94 bits per heavy atom. The highest BCUT2D eigenvalue weighted by Crippen LogP contribution is 2.23. The van der Waals surface area contributed by atoms with Gasteiger partial charge in [-0.2, -0.15) is 0 Å². The molecule has 0 bridgehead atoms. The van der Waals surface area contributed by atoms with Crippen LogP contribution in [0.25, 0.3) is 0 Å². The number of hydrogen-bond acceptors (Lipinski definition) is 2. The fraction of sp³-hybridized carbons (Fsp3) is 0.308. The van der Waals surface area contributed by atoms with Crippen LogP contribution in [0.15, 0.2) is 30.4 Å². The number of benzene rings is 1. The van der Waals surface area contributed by atoms with Crippen molar-refractivity contribution in [1.29, 1.82) is 0 Å². The number of hydrogen-bond donors (Lipinski definition) is 2. The topological polar surface area (TPSA) is 55.1 Å². The summed E-state index contributed by atoms with van der Waals surface area (Å²) in [4.78, 5) is 12.0. The molecule has 0 saturated carbocycles. The van der Waals surface area contributed by atoms with Gasteiger partial charge >= 0.3 is 0 Å². The smallest absolute Gasteiger partial charge is 0.253 e. The number of nitrogens with two attached hydrogens (primary N) is 1. The van der Waals surface area contributed by atoms with E-state index in [9.17, 15) is 4.79 Å². The standard InChI is InChI=1S/C13H15ClN2O/c14-12-10(7-4-8-11(12)15)13(17)16-9-5-2-1-3-6-9/h1-2,4,7-9H,3,5-6,15H2,(H,16,17). The highest BCUT2D eigenvalue weighted by Gasteiger charge is 2.16. The molecule has 17 heavy (non-hydrogen) atoms. The molecular formula is C13H15ClN2O. The second-order valence-electron chi connectivity index (χ2n) is 4.16. The molecule has 1 atom stereocenters. The zero-order valence-corrected chi connectivity index (χ0v) is 10.2. The fourth-order valence-corrected chi connectivity index (χ4v) is 2.12. The molecular weight excluding hydrogens is 236 g/mol. The number of nitrogen functional groups attached to an aromatic ring is 1. The molecule has 1 unspecified atom stereocenters. The number of carbonyl (C=O) groups is 1. The molecule has 0 heterocycles. The minimum absolute atomic E-state index is 0.150. The van der Waals surface area contributed by atoms with Crippen LogP contribution in [0.1, 0.15) is 29.6 Å². The van der Waals surface area contributed by atoms with E-state index in [1.165, 1.54) is 0 Å². The second-order valence-corrected chi connectivity index (χ2v) is 4.54. The molecule has 3 nitrogen and oxygen atoms in total. The van der Waals surface area contributed by atoms with Crippen LogP contribution in [-0.2, 0) is 0 Å². The van der Waals surface area contributed by atoms with Crippen molar-refractivity contribution in [3.8, 4) is 0 Å². The van der Waals surface area contributed by atoms with Crippen LogP contribution in [-0.4, -0.2) is 11.9 Å². The third-order valence-corrected chi connectivity index (χ3v) is 3.30.